The van der Waals surface area contributed by atoms with Crippen molar-refractivity contribution in [2.75, 3.05) is 18.0 Å². The van der Waals surface area contributed by atoms with Crippen LogP contribution < -0.4 is 10.6 Å². The monoisotopic (exact) mass is 193 g/mol. The van der Waals surface area contributed by atoms with Gasteiger partial charge in [0.1, 0.15) is 5.82 Å². The molecule has 3 heteroatoms. The van der Waals surface area contributed by atoms with Crippen LogP contribution in [0.4, 0.5) is 5.82 Å². The Morgan fingerprint density at radius 1 is 1.50 bits per heavy atom. The van der Waals surface area contributed by atoms with Gasteiger partial charge in [-0.2, -0.15) is 0 Å². The first-order valence-corrected chi connectivity index (χ1v) is 5.04. The van der Waals surface area contributed by atoms with Crippen LogP contribution in [0, 0.1) is 6.92 Å². The van der Waals surface area contributed by atoms with E-state index in [1.807, 2.05) is 12.3 Å². The van der Waals surface area contributed by atoms with Gasteiger partial charge in [-0.1, -0.05) is 0 Å². The second-order valence-corrected chi connectivity index (χ2v) is 3.77. The van der Waals surface area contributed by atoms with Crippen molar-refractivity contribution >= 4 is 5.82 Å². The zero-order chi connectivity index (χ0) is 10.6. The first-order chi connectivity index (χ1) is 6.65. The third-order valence-electron chi connectivity index (χ3n) is 2.19. The summed E-state index contributed by atoms with van der Waals surface area (Å²) >= 11 is 0. The highest BCUT2D eigenvalue weighted by atomic mass is 15.2. The summed E-state index contributed by atoms with van der Waals surface area (Å²) in [4.78, 5) is 6.57. The van der Waals surface area contributed by atoms with Gasteiger partial charge in [-0.3, -0.25) is 0 Å². The molecular formula is C11H19N3. The van der Waals surface area contributed by atoms with Gasteiger partial charge in [0.05, 0.1) is 0 Å². The Balaban J connectivity index is 2.87. The van der Waals surface area contributed by atoms with Crippen molar-refractivity contribution in [3.63, 3.8) is 0 Å². The average molecular weight is 193 g/mol. The predicted molar refractivity (Wildman–Crippen MR) is 60.5 cm³/mol. The molecular weight excluding hydrogens is 174 g/mol. The zero-order valence-corrected chi connectivity index (χ0v) is 9.20. The molecule has 0 radical (unpaired) electrons. The largest absolute Gasteiger partial charge is 0.353 e. The van der Waals surface area contributed by atoms with Crippen LogP contribution in [0.3, 0.4) is 0 Å². The predicted octanol–water partition coefficient (Wildman–Crippen LogP) is 1.56. The molecule has 0 atom stereocenters. The van der Waals surface area contributed by atoms with E-state index < -0.39 is 0 Å². The molecule has 0 fully saturated rings. The molecule has 1 heterocycles. The quantitative estimate of drug-likeness (QED) is 0.789. The van der Waals surface area contributed by atoms with E-state index in [4.69, 9.17) is 5.73 Å². The molecule has 0 saturated carbocycles. The van der Waals surface area contributed by atoms with E-state index in [0.29, 0.717) is 12.6 Å². The molecule has 1 aromatic rings. The fourth-order valence-electron chi connectivity index (χ4n) is 1.45. The molecule has 1 aromatic heterocycles. The third kappa shape index (κ3) is 2.70. The fourth-order valence-corrected chi connectivity index (χ4v) is 1.45. The van der Waals surface area contributed by atoms with Crippen LogP contribution in [0.2, 0.25) is 0 Å². The number of hydrogen-bond acceptors (Lipinski definition) is 3. The van der Waals surface area contributed by atoms with Crippen molar-refractivity contribution in [3.05, 3.63) is 23.9 Å². The van der Waals surface area contributed by atoms with Crippen molar-refractivity contribution in [1.82, 2.24) is 4.98 Å². The second-order valence-electron chi connectivity index (χ2n) is 3.77. The summed E-state index contributed by atoms with van der Waals surface area (Å²) in [5, 5.41) is 0. The number of pyridine rings is 1. The van der Waals surface area contributed by atoms with Gasteiger partial charge >= 0.3 is 0 Å². The third-order valence-corrected chi connectivity index (χ3v) is 2.19. The van der Waals surface area contributed by atoms with Crippen LogP contribution in [-0.4, -0.2) is 24.1 Å². The molecule has 0 unspecified atom stereocenters. The number of aryl methyl sites for hydroxylation is 1. The first kappa shape index (κ1) is 11.0. The van der Waals surface area contributed by atoms with Crippen LogP contribution >= 0.6 is 0 Å². The summed E-state index contributed by atoms with van der Waals surface area (Å²) in [6.07, 6.45) is 1.84. The standard InChI is InChI=1S/C11H19N3/c1-9(2)14(7-5-12)11-8-10(3)4-6-13-11/h4,6,8-9H,5,7,12H2,1-3H3. The summed E-state index contributed by atoms with van der Waals surface area (Å²) in [5.41, 5.74) is 6.81. The van der Waals surface area contributed by atoms with Gasteiger partial charge in [0.25, 0.3) is 0 Å². The van der Waals surface area contributed by atoms with Crippen LogP contribution in [0.5, 0.6) is 0 Å². The van der Waals surface area contributed by atoms with Crippen LogP contribution in [0.25, 0.3) is 0 Å². The smallest absolute Gasteiger partial charge is 0.128 e. The lowest BCUT2D eigenvalue weighted by Gasteiger charge is -2.27. The molecule has 0 aliphatic heterocycles. The van der Waals surface area contributed by atoms with E-state index in [0.717, 1.165) is 12.4 Å². The molecule has 0 amide bonds. The molecule has 14 heavy (non-hydrogen) atoms. The molecule has 1 rings (SSSR count). The summed E-state index contributed by atoms with van der Waals surface area (Å²) < 4.78 is 0. The molecule has 0 saturated heterocycles. The second kappa shape index (κ2) is 4.96. The van der Waals surface area contributed by atoms with Gasteiger partial charge < -0.3 is 10.6 Å². The average Bonchev–Trinajstić information content (AvgIpc) is 2.13. The summed E-state index contributed by atoms with van der Waals surface area (Å²) in [6.45, 7) is 7.90. The number of anilines is 1. The number of rotatable bonds is 4. The minimum atomic E-state index is 0.438. The lowest BCUT2D eigenvalue weighted by atomic mass is 10.2. The van der Waals surface area contributed by atoms with Crippen molar-refractivity contribution in [2.45, 2.75) is 26.8 Å². The molecule has 0 bridgehead atoms. The maximum atomic E-state index is 5.57. The van der Waals surface area contributed by atoms with Crippen molar-refractivity contribution in [1.29, 1.82) is 0 Å². The highest BCUT2D eigenvalue weighted by Gasteiger charge is 2.10. The van der Waals surface area contributed by atoms with E-state index in [9.17, 15) is 0 Å². The van der Waals surface area contributed by atoms with Crippen LogP contribution in [0.1, 0.15) is 19.4 Å². The molecule has 78 valence electrons. The maximum Gasteiger partial charge on any atom is 0.128 e. The van der Waals surface area contributed by atoms with Crippen LogP contribution in [-0.2, 0) is 0 Å². The Hall–Kier alpha value is -1.09. The van der Waals surface area contributed by atoms with Gasteiger partial charge in [-0.25, -0.2) is 4.98 Å². The molecule has 2 N–H and O–H groups in total. The summed E-state index contributed by atoms with van der Waals surface area (Å²) in [7, 11) is 0. The van der Waals surface area contributed by atoms with Crippen LogP contribution in [0.15, 0.2) is 18.3 Å². The highest BCUT2D eigenvalue weighted by molar-refractivity contribution is 5.41. The SMILES string of the molecule is Cc1ccnc(N(CCN)C(C)C)c1. The number of aromatic nitrogens is 1. The molecule has 0 aromatic carbocycles. The molecule has 0 aliphatic carbocycles. The maximum absolute atomic E-state index is 5.57. The van der Waals surface area contributed by atoms with Gasteiger partial charge in [0.2, 0.25) is 0 Å². The minimum Gasteiger partial charge on any atom is -0.353 e. The Bertz CT molecular complexity index is 284. The Morgan fingerprint density at radius 3 is 2.71 bits per heavy atom. The van der Waals surface area contributed by atoms with E-state index in [2.05, 4.69) is 36.7 Å². The van der Waals surface area contributed by atoms with Gasteiger partial charge in [-0.15, -0.1) is 0 Å². The minimum absolute atomic E-state index is 0.438. The molecule has 3 nitrogen and oxygen atoms in total. The van der Waals surface area contributed by atoms with Gasteiger partial charge in [-0.05, 0) is 38.5 Å². The van der Waals surface area contributed by atoms with Crippen molar-refractivity contribution < 1.29 is 0 Å². The lowest BCUT2D eigenvalue weighted by Crippen LogP contribution is -2.35. The number of nitrogens with two attached hydrogens (primary N) is 1. The molecule has 0 aliphatic rings. The van der Waals surface area contributed by atoms with Gasteiger partial charge in [0, 0.05) is 25.3 Å². The normalized spacial score (nSPS) is 10.6. The Morgan fingerprint density at radius 2 is 2.21 bits per heavy atom. The fraction of sp³-hybridized carbons (Fsp3) is 0.545. The first-order valence-electron chi connectivity index (χ1n) is 5.04. The highest BCUT2D eigenvalue weighted by Crippen LogP contribution is 2.14. The van der Waals surface area contributed by atoms with Gasteiger partial charge in [0.15, 0.2) is 0 Å². The molecule has 0 spiro atoms. The van der Waals surface area contributed by atoms with E-state index >= 15 is 0 Å². The zero-order valence-electron chi connectivity index (χ0n) is 9.20. The van der Waals surface area contributed by atoms with Crippen molar-refractivity contribution in [2.24, 2.45) is 5.73 Å². The van der Waals surface area contributed by atoms with E-state index in [1.54, 1.807) is 0 Å². The Labute approximate surface area is 85.9 Å². The topological polar surface area (TPSA) is 42.2 Å². The van der Waals surface area contributed by atoms with E-state index in [-0.39, 0.29) is 0 Å². The van der Waals surface area contributed by atoms with Crippen molar-refractivity contribution in [3.8, 4) is 0 Å². The Kier molecular flexibility index (Phi) is 3.89. The number of hydrogen-bond donors (Lipinski definition) is 1. The summed E-state index contributed by atoms with van der Waals surface area (Å²) in [6, 6.07) is 4.54. The summed E-state index contributed by atoms with van der Waals surface area (Å²) in [5.74, 6) is 1.02. The number of nitrogens with zero attached hydrogens (tertiary/aromatic N) is 2. The lowest BCUT2D eigenvalue weighted by molar-refractivity contribution is 0.674. The van der Waals surface area contributed by atoms with E-state index in [1.165, 1.54) is 5.56 Å².